The van der Waals surface area contributed by atoms with E-state index in [1.807, 2.05) is 50.3 Å². The lowest BCUT2D eigenvalue weighted by molar-refractivity contribution is 1.07. The van der Waals surface area contributed by atoms with Gasteiger partial charge in [-0.1, -0.05) is 31.2 Å². The van der Waals surface area contributed by atoms with Crippen molar-refractivity contribution < 1.29 is 0 Å². The number of hydrogen-bond acceptors (Lipinski definition) is 3. The monoisotopic (exact) mass is 243 g/mol. The average Bonchev–Trinajstić information content (AvgIpc) is 2.42. The molecule has 0 rings (SSSR count). The van der Waals surface area contributed by atoms with E-state index in [0.29, 0.717) is 12.8 Å². The Kier molecular flexibility index (Phi) is 34.2. The SMILES string of the molecule is C=CCCC#N.CC=CCC#N.CCC=CC#N. The minimum absolute atomic E-state index is 0.538. The fourth-order valence-corrected chi connectivity index (χ4v) is 0.508. The molecule has 0 bridgehead atoms. The fraction of sp³-hybridized carbons (Fsp3) is 0.400. The lowest BCUT2D eigenvalue weighted by Crippen LogP contribution is -1.57. The molecule has 0 unspecified atom stereocenters. The molecule has 0 fully saturated rings. The van der Waals surface area contributed by atoms with Crippen LogP contribution in [0.15, 0.2) is 37.0 Å². The molecule has 0 spiro atoms. The molecule has 0 aliphatic carbocycles. The Morgan fingerprint density at radius 3 is 1.94 bits per heavy atom. The molecule has 0 saturated heterocycles. The molecular formula is C15H21N3. The van der Waals surface area contributed by atoms with Crippen LogP contribution < -0.4 is 0 Å². The van der Waals surface area contributed by atoms with Crippen molar-refractivity contribution in [3.05, 3.63) is 37.0 Å². The largest absolute Gasteiger partial charge is 0.198 e. The van der Waals surface area contributed by atoms with Crippen molar-refractivity contribution in [3.63, 3.8) is 0 Å². The number of unbranched alkanes of at least 4 members (excludes halogenated alkanes) is 1. The number of allylic oxidation sites excluding steroid dienone is 5. The van der Waals surface area contributed by atoms with Crippen LogP contribution in [0.1, 0.15) is 39.5 Å². The number of rotatable bonds is 4. The lowest BCUT2D eigenvalue weighted by Gasteiger charge is -1.70. The predicted octanol–water partition coefficient (Wildman–Crippen LogP) is 4.43. The summed E-state index contributed by atoms with van der Waals surface area (Å²) in [7, 11) is 0. The molecule has 0 saturated carbocycles. The van der Waals surface area contributed by atoms with Gasteiger partial charge in [-0.15, -0.1) is 6.58 Å². The van der Waals surface area contributed by atoms with Crippen molar-refractivity contribution in [1.29, 1.82) is 15.8 Å². The molecule has 18 heavy (non-hydrogen) atoms. The zero-order valence-corrected chi connectivity index (χ0v) is 11.3. The Balaban J connectivity index is -0.000000187. The molecule has 0 aromatic carbocycles. The van der Waals surface area contributed by atoms with Gasteiger partial charge in [0.15, 0.2) is 0 Å². The van der Waals surface area contributed by atoms with E-state index in [2.05, 4.69) is 6.58 Å². The maximum atomic E-state index is 7.90. The summed E-state index contributed by atoms with van der Waals surface area (Å²) in [5.74, 6) is 0. The van der Waals surface area contributed by atoms with Crippen molar-refractivity contribution in [3.8, 4) is 18.2 Å². The van der Waals surface area contributed by atoms with Crippen molar-refractivity contribution in [1.82, 2.24) is 0 Å². The first-order valence-corrected chi connectivity index (χ1v) is 5.75. The van der Waals surface area contributed by atoms with Crippen LogP contribution in [0.2, 0.25) is 0 Å². The highest BCUT2D eigenvalue weighted by Gasteiger charge is 1.69. The summed E-state index contributed by atoms with van der Waals surface area (Å²) < 4.78 is 0. The third-order valence-corrected chi connectivity index (χ3v) is 1.33. The van der Waals surface area contributed by atoms with E-state index in [4.69, 9.17) is 15.8 Å². The lowest BCUT2D eigenvalue weighted by atomic mass is 10.3. The Hall–Kier alpha value is -2.31. The van der Waals surface area contributed by atoms with E-state index in [0.717, 1.165) is 12.8 Å². The zero-order valence-electron chi connectivity index (χ0n) is 11.3. The zero-order chi connectivity index (χ0) is 14.5. The summed E-state index contributed by atoms with van der Waals surface area (Å²) >= 11 is 0. The standard InChI is InChI=1S/3C5H7N/c3*1-2-3-4-5-6/h3-4H,2H2,1H3;2-3H,4H2,1H3;2H,1,3-4H2. The maximum absolute atomic E-state index is 7.90. The van der Waals surface area contributed by atoms with Gasteiger partial charge in [0.2, 0.25) is 0 Å². The van der Waals surface area contributed by atoms with Gasteiger partial charge >= 0.3 is 0 Å². The van der Waals surface area contributed by atoms with E-state index in [1.54, 1.807) is 6.08 Å². The van der Waals surface area contributed by atoms with E-state index in [9.17, 15) is 0 Å². The average molecular weight is 243 g/mol. The van der Waals surface area contributed by atoms with Crippen LogP contribution in [-0.4, -0.2) is 0 Å². The number of hydrogen-bond donors (Lipinski definition) is 0. The van der Waals surface area contributed by atoms with Crippen LogP contribution in [0, 0.1) is 34.0 Å². The van der Waals surface area contributed by atoms with Gasteiger partial charge < -0.3 is 0 Å². The van der Waals surface area contributed by atoms with Crippen LogP contribution in [0.5, 0.6) is 0 Å². The molecular weight excluding hydrogens is 222 g/mol. The maximum Gasteiger partial charge on any atom is 0.0908 e. The van der Waals surface area contributed by atoms with Crippen LogP contribution in [0.4, 0.5) is 0 Å². The van der Waals surface area contributed by atoms with Crippen molar-refractivity contribution in [2.45, 2.75) is 39.5 Å². The molecule has 0 radical (unpaired) electrons. The quantitative estimate of drug-likeness (QED) is 0.416. The minimum Gasteiger partial charge on any atom is -0.198 e. The first kappa shape index (κ1) is 21.0. The highest BCUT2D eigenvalue weighted by atomic mass is 14.2. The van der Waals surface area contributed by atoms with Gasteiger partial charge in [0, 0.05) is 12.5 Å². The molecule has 0 atom stereocenters. The number of nitriles is 3. The smallest absolute Gasteiger partial charge is 0.0908 e. The molecule has 0 aliphatic heterocycles. The Morgan fingerprint density at radius 2 is 1.78 bits per heavy atom. The van der Waals surface area contributed by atoms with Crippen LogP contribution in [0.25, 0.3) is 0 Å². The predicted molar refractivity (Wildman–Crippen MR) is 75.1 cm³/mol. The van der Waals surface area contributed by atoms with E-state index in [-0.39, 0.29) is 0 Å². The third kappa shape index (κ3) is 49.3. The molecule has 0 amide bonds. The normalized spacial score (nSPS) is 7.94. The molecule has 0 heterocycles. The first-order chi connectivity index (χ1) is 8.74. The molecule has 3 heteroatoms. The molecule has 0 N–H and O–H groups in total. The van der Waals surface area contributed by atoms with E-state index >= 15 is 0 Å². The summed E-state index contributed by atoms with van der Waals surface area (Å²) in [6.45, 7) is 7.34. The van der Waals surface area contributed by atoms with Crippen molar-refractivity contribution >= 4 is 0 Å². The van der Waals surface area contributed by atoms with Gasteiger partial charge in [0.25, 0.3) is 0 Å². The highest BCUT2D eigenvalue weighted by Crippen LogP contribution is 1.82. The van der Waals surface area contributed by atoms with E-state index in [1.165, 1.54) is 6.08 Å². The molecule has 3 nitrogen and oxygen atoms in total. The summed E-state index contributed by atoms with van der Waals surface area (Å²) in [4.78, 5) is 0. The van der Waals surface area contributed by atoms with E-state index < -0.39 is 0 Å². The van der Waals surface area contributed by atoms with Gasteiger partial charge in [0.05, 0.1) is 24.6 Å². The van der Waals surface area contributed by atoms with Gasteiger partial charge in [-0.25, -0.2) is 0 Å². The second-order valence-corrected chi connectivity index (χ2v) is 2.86. The van der Waals surface area contributed by atoms with Gasteiger partial charge in [-0.2, -0.15) is 15.8 Å². The summed E-state index contributed by atoms with van der Waals surface area (Å²) in [5, 5.41) is 23.7. The van der Waals surface area contributed by atoms with Crippen LogP contribution >= 0.6 is 0 Å². The minimum atomic E-state index is 0.538. The Morgan fingerprint density at radius 1 is 1.11 bits per heavy atom. The van der Waals surface area contributed by atoms with Crippen LogP contribution in [0.3, 0.4) is 0 Å². The Bertz CT molecular complexity index is 332. The van der Waals surface area contributed by atoms with Crippen LogP contribution in [-0.2, 0) is 0 Å². The third-order valence-electron chi connectivity index (χ3n) is 1.33. The van der Waals surface area contributed by atoms with Gasteiger partial charge in [0.1, 0.15) is 0 Å². The summed E-state index contributed by atoms with van der Waals surface area (Å²) in [5.41, 5.74) is 0. The van der Waals surface area contributed by atoms with Crippen molar-refractivity contribution in [2.24, 2.45) is 0 Å². The van der Waals surface area contributed by atoms with Gasteiger partial charge in [-0.05, 0) is 19.8 Å². The molecule has 96 valence electrons. The first-order valence-electron chi connectivity index (χ1n) is 5.75. The molecule has 0 aromatic rings. The summed E-state index contributed by atoms with van der Waals surface area (Å²) in [6.07, 6.45) is 11.6. The van der Waals surface area contributed by atoms with Gasteiger partial charge in [-0.3, -0.25) is 0 Å². The molecule has 0 aliphatic rings. The summed E-state index contributed by atoms with van der Waals surface area (Å²) in [6, 6.07) is 5.87. The fourth-order valence-electron chi connectivity index (χ4n) is 0.508. The van der Waals surface area contributed by atoms with Crippen molar-refractivity contribution in [2.75, 3.05) is 0 Å². The highest BCUT2D eigenvalue weighted by molar-refractivity contribution is 5.00. The second-order valence-electron chi connectivity index (χ2n) is 2.86. The number of nitrogens with zero attached hydrogens (tertiary/aromatic N) is 3. The topological polar surface area (TPSA) is 71.4 Å². The second kappa shape index (κ2) is 29.3. The molecule has 0 aromatic heterocycles. The Labute approximate surface area is 111 Å².